The second-order valence-corrected chi connectivity index (χ2v) is 28.4. The highest BCUT2D eigenvalue weighted by Crippen LogP contribution is 2.72. The number of nitrogens with one attached hydrogen (secondary N) is 1. The number of aryl methyl sites for hydroxylation is 1. The molecule has 0 aliphatic heterocycles. The van der Waals surface area contributed by atoms with E-state index in [1.807, 2.05) is 0 Å². The number of rotatable bonds is 18. The Bertz CT molecular complexity index is 4190. The van der Waals surface area contributed by atoms with Gasteiger partial charge in [0.25, 0.3) is 5.92 Å². The van der Waals surface area contributed by atoms with Crippen molar-refractivity contribution in [2.24, 2.45) is 11.8 Å². The van der Waals surface area contributed by atoms with Gasteiger partial charge in [0.2, 0.25) is 21.8 Å². The summed E-state index contributed by atoms with van der Waals surface area (Å²) in [5, 5.41) is 18.3. The van der Waals surface area contributed by atoms with Crippen LogP contribution in [-0.4, -0.2) is 97.5 Å². The lowest BCUT2D eigenvalue weighted by atomic mass is 9.77. The van der Waals surface area contributed by atoms with Gasteiger partial charge >= 0.3 is 26.1 Å². The van der Waals surface area contributed by atoms with Gasteiger partial charge in [0.1, 0.15) is 46.6 Å². The van der Waals surface area contributed by atoms with Crippen LogP contribution in [0, 0.1) is 42.2 Å². The summed E-state index contributed by atoms with van der Waals surface area (Å²) in [6, 6.07) is 6.71. The Morgan fingerprint density at radius 3 is 2.10 bits per heavy atom. The molecule has 0 unspecified atom stereocenters. The number of carboxylic acids is 1. The third-order valence-electron chi connectivity index (χ3n) is 14.7. The van der Waals surface area contributed by atoms with Crippen molar-refractivity contribution < 1.29 is 99.1 Å². The Kier molecular flexibility index (Phi) is 17.0. The number of hydrogen-bond donors (Lipinski definition) is 4. The van der Waals surface area contributed by atoms with Gasteiger partial charge in [-0.3, -0.25) is 33.5 Å². The van der Waals surface area contributed by atoms with Gasteiger partial charge in [-0.15, -0.1) is 0 Å². The van der Waals surface area contributed by atoms with Gasteiger partial charge in [-0.1, -0.05) is 50.4 Å². The maximum absolute atomic E-state index is 16.0. The zero-order valence-electron chi connectivity index (χ0n) is 46.7. The summed E-state index contributed by atoms with van der Waals surface area (Å²) in [4.78, 5) is 65.6. The van der Waals surface area contributed by atoms with Crippen LogP contribution >= 0.6 is 19.4 Å². The number of anilines is 1. The van der Waals surface area contributed by atoms with Crippen LogP contribution in [0.15, 0.2) is 54.6 Å². The van der Waals surface area contributed by atoms with Crippen molar-refractivity contribution in [1.82, 2.24) is 29.9 Å². The highest BCUT2D eigenvalue weighted by Gasteiger charge is 2.72. The molecule has 2 aliphatic rings. The maximum Gasteiger partial charge on any atom is 0.524 e. The third-order valence-corrected chi connectivity index (χ3v) is 18.5. The lowest BCUT2D eigenvalue weighted by molar-refractivity contribution is -0.143. The molecule has 0 radical (unpaired) electrons. The molecule has 33 heteroatoms. The number of carbonyl (C=O) groups excluding carboxylic acids is 2. The van der Waals surface area contributed by atoms with Crippen molar-refractivity contribution in [3.63, 3.8) is 0 Å². The van der Waals surface area contributed by atoms with Crippen LogP contribution in [0.4, 0.5) is 49.7 Å². The molecule has 468 valence electrons. The van der Waals surface area contributed by atoms with Crippen molar-refractivity contribution in [2.45, 2.75) is 114 Å². The summed E-state index contributed by atoms with van der Waals surface area (Å²) >= 11 is 6.78. The number of nitrogens with zero attached hydrogens (tertiary/aromatic N) is 6. The average molecular weight is 1310 g/mol. The standard InChI is InChI=1S/C54H51ClF10N7O12PS2/c1-25-15-28(20-39(75)76)44(36(16-25)84-85(77,78)79)50(3,4)22-38(74)72(87(8,82)83)49-41-34(55)12-11-33(46(41)71(69-49)24-52(58,59)60)32-10-9-31(13-14-51(5,6)86(7,80)81)66-45(32)35(19-27-17-29(56)21-30(57)18-27)67-37(73)23-70-48-42(47(68-70)54(63,64)65)40-26(2)43(40)53(48,61)62/h9-12,15-18,21,26,35,40,43H,19-20,22-24H2,1-8H3,(H,67,73)(H,75,76)(H2,77,78,79)/t26-,35+,40-,43-/m1/s1. The fourth-order valence-electron chi connectivity index (χ4n) is 11.0. The molecule has 4 N–H and O–H groups in total. The van der Waals surface area contributed by atoms with E-state index in [1.165, 1.54) is 47.6 Å². The number of sulfonamides is 1. The number of fused-ring (bicyclic) bond motifs is 4. The normalized spacial score (nSPS) is 17.3. The van der Waals surface area contributed by atoms with Gasteiger partial charge in [-0.2, -0.15) is 49.6 Å². The number of aromatic nitrogens is 5. The van der Waals surface area contributed by atoms with E-state index in [4.69, 9.17) is 16.1 Å². The molecule has 0 saturated heterocycles. The molecule has 87 heavy (non-hydrogen) atoms. The summed E-state index contributed by atoms with van der Waals surface area (Å²) in [7, 11) is -14.5. The molecular formula is C54H51ClF10N7O12PS2. The lowest BCUT2D eigenvalue weighted by Crippen LogP contribution is -2.40. The number of sulfone groups is 1. The number of pyridine rings is 1. The highest BCUT2D eigenvalue weighted by molar-refractivity contribution is 7.93. The van der Waals surface area contributed by atoms with E-state index in [1.54, 1.807) is 0 Å². The van der Waals surface area contributed by atoms with Gasteiger partial charge in [-0.05, 0) is 92.1 Å². The van der Waals surface area contributed by atoms with Crippen molar-refractivity contribution in [3.05, 3.63) is 122 Å². The van der Waals surface area contributed by atoms with Gasteiger partial charge in [-0.25, -0.2) is 35.2 Å². The number of alkyl halides is 8. The molecule has 0 bridgehead atoms. The molecule has 1 saturated carbocycles. The Balaban J connectivity index is 1.36. The number of hydrogen-bond acceptors (Lipinski definition) is 12. The Hall–Kier alpha value is -7.10. The molecule has 0 spiro atoms. The lowest BCUT2D eigenvalue weighted by Gasteiger charge is -2.31. The average Bonchev–Trinajstić information content (AvgIpc) is 1.51. The molecule has 3 heterocycles. The third kappa shape index (κ3) is 13.6. The number of aliphatic carboxylic acids is 1. The number of phosphoric acid groups is 1. The first-order valence-electron chi connectivity index (χ1n) is 25.6. The minimum absolute atomic E-state index is 0.0268. The largest absolute Gasteiger partial charge is 0.524 e. The number of halogens is 11. The predicted molar refractivity (Wildman–Crippen MR) is 292 cm³/mol. The summed E-state index contributed by atoms with van der Waals surface area (Å²) in [6.45, 7) is 4.14. The smallest absolute Gasteiger partial charge is 0.481 e. The van der Waals surface area contributed by atoms with E-state index in [-0.39, 0.29) is 41.6 Å². The first kappa shape index (κ1) is 65.9. The van der Waals surface area contributed by atoms with Crippen molar-refractivity contribution in [1.29, 1.82) is 0 Å². The van der Waals surface area contributed by atoms with E-state index in [0.29, 0.717) is 12.3 Å². The topological polar surface area (TPSA) is 270 Å². The second kappa shape index (κ2) is 22.5. The molecular weight excluding hydrogens is 1260 g/mol. The van der Waals surface area contributed by atoms with E-state index in [9.17, 15) is 77.0 Å². The minimum atomic E-state index is -5.45. The zero-order valence-corrected chi connectivity index (χ0v) is 49.9. The second-order valence-electron chi connectivity index (χ2n) is 22.4. The van der Waals surface area contributed by atoms with Crippen molar-refractivity contribution >= 4 is 73.8 Å². The Morgan fingerprint density at radius 1 is 0.920 bits per heavy atom. The molecule has 3 aromatic carbocycles. The van der Waals surface area contributed by atoms with Crippen LogP contribution in [0.5, 0.6) is 5.75 Å². The predicted octanol–water partition coefficient (Wildman–Crippen LogP) is 9.60. The Morgan fingerprint density at radius 2 is 1.54 bits per heavy atom. The molecule has 2 amide bonds. The zero-order chi connectivity index (χ0) is 65.0. The van der Waals surface area contributed by atoms with Crippen LogP contribution in [0.2, 0.25) is 5.02 Å². The molecule has 6 aromatic rings. The summed E-state index contributed by atoms with van der Waals surface area (Å²) < 4.78 is 220. The fourth-order valence-corrected chi connectivity index (χ4v) is 12.7. The van der Waals surface area contributed by atoms with Gasteiger partial charge in [0, 0.05) is 58.2 Å². The Labute approximate surface area is 494 Å². The van der Waals surface area contributed by atoms with Crippen LogP contribution in [0.3, 0.4) is 0 Å². The van der Waals surface area contributed by atoms with Gasteiger partial charge in [0.05, 0.1) is 40.3 Å². The summed E-state index contributed by atoms with van der Waals surface area (Å²) in [5.74, 6) is -11.1. The van der Waals surface area contributed by atoms with Crippen LogP contribution in [-0.2, 0) is 82.3 Å². The minimum Gasteiger partial charge on any atom is -0.481 e. The van der Waals surface area contributed by atoms with E-state index >= 15 is 17.6 Å². The highest BCUT2D eigenvalue weighted by atomic mass is 35.5. The monoisotopic (exact) mass is 1310 g/mol. The van der Waals surface area contributed by atoms with Crippen LogP contribution in [0.1, 0.15) is 104 Å². The SMILES string of the molecule is Cc1cc(CC(=O)O)c(C(C)(C)CC(=O)N(c2nn(CC(F)(F)F)c3c(-c4ccc(C#CC(C)(C)S(C)(=O)=O)nc4[C@H](Cc4cc(F)cc(F)c4)NC(=O)Cn4nc(C(F)(F)F)c5c4C(F)(F)[C@@H]4[C@H](C)[C@H]54)ccc(Cl)c23)S(C)(=O)=O)c(OP(=O)(O)O)c1. The number of benzene rings is 3. The maximum atomic E-state index is 16.0. The van der Waals surface area contributed by atoms with Crippen LogP contribution in [0.25, 0.3) is 22.0 Å². The molecule has 4 atom stereocenters. The fraction of sp³-hybridized carbons (Fsp3) is 0.407. The number of phosphoric ester groups is 1. The first-order chi connectivity index (χ1) is 39.7. The van der Waals surface area contributed by atoms with Crippen molar-refractivity contribution in [2.75, 3.05) is 16.8 Å². The van der Waals surface area contributed by atoms with E-state index in [0.717, 1.165) is 48.7 Å². The number of carboxylic acid groups (broad SMARTS) is 1. The number of amides is 2. The molecule has 2 aliphatic carbocycles. The number of carbonyl (C=O) groups is 3. The van der Waals surface area contributed by atoms with Gasteiger partial charge in [0.15, 0.2) is 21.3 Å². The summed E-state index contributed by atoms with van der Waals surface area (Å²) in [5.41, 5.74) is -8.69. The van der Waals surface area contributed by atoms with E-state index in [2.05, 4.69) is 32.3 Å². The molecule has 19 nitrogen and oxygen atoms in total. The quantitative estimate of drug-likeness (QED) is 0.0354. The molecule has 3 aromatic heterocycles. The van der Waals surface area contributed by atoms with Gasteiger partial charge < -0.3 is 14.9 Å². The van der Waals surface area contributed by atoms with Crippen molar-refractivity contribution in [3.8, 4) is 28.7 Å². The van der Waals surface area contributed by atoms with E-state index < -0.39 is 203 Å². The summed E-state index contributed by atoms with van der Waals surface area (Å²) in [6.07, 6.45) is -11.9. The molecule has 8 rings (SSSR count). The first-order valence-corrected chi connectivity index (χ1v) is 31.3. The molecule has 1 fully saturated rings. The van der Waals surface area contributed by atoms with Crippen LogP contribution < -0.4 is 14.1 Å².